The van der Waals surface area contributed by atoms with Gasteiger partial charge in [0.1, 0.15) is 29.4 Å². The maximum Gasteiger partial charge on any atom is 0.181 e. The number of epoxide rings is 1. The van der Waals surface area contributed by atoms with Crippen molar-refractivity contribution < 1.29 is 34.7 Å². The van der Waals surface area contributed by atoms with Crippen LogP contribution in [-0.2, 0) is 11.2 Å². The first-order chi connectivity index (χ1) is 12.7. The van der Waals surface area contributed by atoms with Crippen molar-refractivity contribution >= 4 is 5.78 Å². The number of phenolic OH excluding ortho intramolecular Hbond substituents is 4. The van der Waals surface area contributed by atoms with E-state index in [1.807, 2.05) is 13.8 Å². The molecule has 7 heteroatoms. The highest BCUT2D eigenvalue weighted by molar-refractivity contribution is 6.06. The number of carbonyl (C=O) groups excluding carboxylic acids is 1. The summed E-state index contributed by atoms with van der Waals surface area (Å²) < 4.78 is 11.1. The second kappa shape index (κ2) is 5.79. The van der Waals surface area contributed by atoms with Crippen molar-refractivity contribution in [3.8, 4) is 28.7 Å². The van der Waals surface area contributed by atoms with Gasteiger partial charge in [-0.25, -0.2) is 0 Å². The molecule has 27 heavy (non-hydrogen) atoms. The van der Waals surface area contributed by atoms with Gasteiger partial charge >= 0.3 is 0 Å². The van der Waals surface area contributed by atoms with Crippen LogP contribution in [-0.4, -0.2) is 44.5 Å². The summed E-state index contributed by atoms with van der Waals surface area (Å²) in [7, 11) is 0. The van der Waals surface area contributed by atoms with Crippen molar-refractivity contribution in [1.82, 2.24) is 0 Å². The van der Waals surface area contributed by atoms with Crippen LogP contribution in [0.1, 0.15) is 41.3 Å². The highest BCUT2D eigenvalue weighted by Crippen LogP contribution is 2.44. The molecule has 0 bridgehead atoms. The molecule has 1 fully saturated rings. The molecule has 4 rings (SSSR count). The standard InChI is InChI=1S/C20H20O7/c1-20(2)16(27-20)5-10-3-9(4-14(23)18(10)24)12-8-26-15-7-11(21)6-13(22)17(15)19(12)25/h3-4,6-7,12,16,21-24H,5,8H2,1-2H3/t12-,16?/m1/s1. The zero-order valence-corrected chi connectivity index (χ0v) is 14.9. The van der Waals surface area contributed by atoms with Gasteiger partial charge in [-0.1, -0.05) is 6.07 Å². The molecule has 0 saturated carbocycles. The fourth-order valence-corrected chi connectivity index (χ4v) is 3.50. The Kier molecular flexibility index (Phi) is 3.75. The minimum atomic E-state index is -0.758. The van der Waals surface area contributed by atoms with E-state index < -0.39 is 5.92 Å². The van der Waals surface area contributed by atoms with Crippen LogP contribution in [0.5, 0.6) is 28.7 Å². The zero-order chi connectivity index (χ0) is 19.5. The van der Waals surface area contributed by atoms with Crippen molar-refractivity contribution in [2.45, 2.75) is 37.9 Å². The molecular weight excluding hydrogens is 352 g/mol. The first kappa shape index (κ1) is 17.5. The normalized spacial score (nSPS) is 22.8. The molecule has 7 nitrogen and oxygen atoms in total. The summed E-state index contributed by atoms with van der Waals surface area (Å²) in [6.45, 7) is 3.86. The number of hydrogen-bond donors (Lipinski definition) is 4. The van der Waals surface area contributed by atoms with Crippen molar-refractivity contribution in [2.24, 2.45) is 0 Å². The van der Waals surface area contributed by atoms with Crippen LogP contribution in [0, 0.1) is 0 Å². The van der Waals surface area contributed by atoms with Gasteiger partial charge in [0.05, 0.1) is 17.6 Å². The van der Waals surface area contributed by atoms with Crippen LogP contribution in [0.25, 0.3) is 0 Å². The fourth-order valence-electron chi connectivity index (χ4n) is 3.50. The van der Waals surface area contributed by atoms with Gasteiger partial charge in [-0.2, -0.15) is 0 Å². The molecule has 2 aromatic carbocycles. The molecule has 1 unspecified atom stereocenters. The average molecular weight is 372 g/mol. The van der Waals surface area contributed by atoms with Gasteiger partial charge in [0, 0.05) is 24.1 Å². The minimum absolute atomic E-state index is 0.00942. The molecule has 2 aliphatic heterocycles. The van der Waals surface area contributed by atoms with Gasteiger partial charge in [-0.15, -0.1) is 0 Å². The Morgan fingerprint density at radius 2 is 1.78 bits per heavy atom. The Hall–Kier alpha value is -2.93. The Morgan fingerprint density at radius 1 is 1.07 bits per heavy atom. The molecular formula is C20H20O7. The van der Waals surface area contributed by atoms with E-state index in [9.17, 15) is 25.2 Å². The summed E-state index contributed by atoms with van der Waals surface area (Å²) in [5.41, 5.74) is 0.662. The summed E-state index contributed by atoms with van der Waals surface area (Å²) in [5, 5.41) is 39.9. The molecule has 4 N–H and O–H groups in total. The quantitative estimate of drug-likeness (QED) is 0.483. The molecule has 2 heterocycles. The Labute approximate surface area is 155 Å². The van der Waals surface area contributed by atoms with Gasteiger partial charge < -0.3 is 29.9 Å². The molecule has 0 aromatic heterocycles. The number of carbonyl (C=O) groups is 1. The molecule has 0 spiro atoms. The first-order valence-corrected chi connectivity index (χ1v) is 8.63. The van der Waals surface area contributed by atoms with Crippen molar-refractivity contribution in [2.75, 3.05) is 6.61 Å². The lowest BCUT2D eigenvalue weighted by Gasteiger charge is -2.25. The van der Waals surface area contributed by atoms with Gasteiger partial charge in [0.15, 0.2) is 17.3 Å². The third kappa shape index (κ3) is 2.94. The monoisotopic (exact) mass is 372 g/mol. The summed E-state index contributed by atoms with van der Waals surface area (Å²) in [6, 6.07) is 5.33. The fraction of sp³-hybridized carbons (Fsp3) is 0.350. The third-order valence-electron chi connectivity index (χ3n) is 5.20. The first-order valence-electron chi connectivity index (χ1n) is 8.63. The molecule has 1 saturated heterocycles. The lowest BCUT2D eigenvalue weighted by atomic mass is 9.86. The van der Waals surface area contributed by atoms with Gasteiger partial charge in [0.25, 0.3) is 0 Å². The van der Waals surface area contributed by atoms with Crippen LogP contribution >= 0.6 is 0 Å². The number of phenols is 4. The molecule has 0 aliphatic carbocycles. The number of benzene rings is 2. The number of aromatic hydroxyl groups is 4. The van der Waals surface area contributed by atoms with Crippen LogP contribution in [0.3, 0.4) is 0 Å². The summed E-state index contributed by atoms with van der Waals surface area (Å²) in [4.78, 5) is 12.9. The predicted molar refractivity (Wildman–Crippen MR) is 94.8 cm³/mol. The number of fused-ring (bicyclic) bond motifs is 1. The van der Waals surface area contributed by atoms with E-state index in [1.54, 1.807) is 6.07 Å². The maximum atomic E-state index is 12.9. The number of ether oxygens (including phenoxy) is 2. The minimum Gasteiger partial charge on any atom is -0.508 e. The Morgan fingerprint density at radius 3 is 2.44 bits per heavy atom. The molecule has 142 valence electrons. The summed E-state index contributed by atoms with van der Waals surface area (Å²) in [5.74, 6) is -2.15. The largest absolute Gasteiger partial charge is 0.508 e. The maximum absolute atomic E-state index is 12.9. The summed E-state index contributed by atoms with van der Waals surface area (Å²) >= 11 is 0. The van der Waals surface area contributed by atoms with Crippen molar-refractivity contribution in [3.63, 3.8) is 0 Å². The topological polar surface area (TPSA) is 120 Å². The number of Topliss-reactive ketones (excluding diaryl/α,β-unsaturated/α-hetero) is 1. The van der Waals surface area contributed by atoms with Crippen LogP contribution in [0.2, 0.25) is 0 Å². The third-order valence-corrected chi connectivity index (χ3v) is 5.20. The SMILES string of the molecule is CC1(C)OC1Cc1cc([C@H]2COc3cc(O)cc(O)c3C2=O)cc(O)c1O. The van der Waals surface area contributed by atoms with E-state index in [0.29, 0.717) is 17.5 Å². The molecule has 2 aromatic rings. The van der Waals surface area contributed by atoms with E-state index in [4.69, 9.17) is 9.47 Å². The number of rotatable bonds is 3. The predicted octanol–water partition coefficient (Wildman–Crippen LogP) is 2.59. The lowest BCUT2D eigenvalue weighted by Crippen LogP contribution is -2.26. The second-order valence-corrected chi connectivity index (χ2v) is 7.53. The molecule has 2 atom stereocenters. The van der Waals surface area contributed by atoms with E-state index in [0.717, 1.165) is 6.07 Å². The highest BCUT2D eigenvalue weighted by atomic mass is 16.6. The Bertz CT molecular complexity index is 948. The highest BCUT2D eigenvalue weighted by Gasteiger charge is 2.48. The van der Waals surface area contributed by atoms with Crippen molar-refractivity contribution in [3.05, 3.63) is 41.0 Å². The van der Waals surface area contributed by atoms with Crippen molar-refractivity contribution in [1.29, 1.82) is 0 Å². The van der Waals surface area contributed by atoms with Crippen LogP contribution in [0.4, 0.5) is 0 Å². The molecule has 2 aliphatic rings. The van der Waals surface area contributed by atoms with E-state index in [2.05, 4.69) is 0 Å². The van der Waals surface area contributed by atoms with Gasteiger partial charge in [0.2, 0.25) is 0 Å². The van der Waals surface area contributed by atoms with E-state index in [1.165, 1.54) is 12.1 Å². The molecule has 0 radical (unpaired) electrons. The average Bonchev–Trinajstić information content (AvgIpc) is 3.17. The Balaban J connectivity index is 1.69. The smallest absolute Gasteiger partial charge is 0.181 e. The van der Waals surface area contributed by atoms with Gasteiger partial charge in [-0.3, -0.25) is 4.79 Å². The van der Waals surface area contributed by atoms with Gasteiger partial charge in [-0.05, 0) is 25.5 Å². The second-order valence-electron chi connectivity index (χ2n) is 7.53. The zero-order valence-electron chi connectivity index (χ0n) is 14.9. The lowest BCUT2D eigenvalue weighted by molar-refractivity contribution is 0.0892. The summed E-state index contributed by atoms with van der Waals surface area (Å²) in [6.07, 6.45) is 0.321. The number of hydrogen-bond acceptors (Lipinski definition) is 7. The molecule has 0 amide bonds. The number of ketones is 1. The van der Waals surface area contributed by atoms with Crippen LogP contribution < -0.4 is 4.74 Å². The van der Waals surface area contributed by atoms with E-state index >= 15 is 0 Å². The van der Waals surface area contributed by atoms with E-state index in [-0.39, 0.29) is 58.4 Å². The van der Waals surface area contributed by atoms with Crippen LogP contribution in [0.15, 0.2) is 24.3 Å².